The monoisotopic (exact) mass is 388 g/mol. The number of aliphatic imine (C=N–C) groups is 2. The molecule has 1 rings (SSSR count). The number of allylic oxidation sites excluding steroid dienone is 4. The molecule has 3 unspecified atom stereocenters. The van der Waals surface area contributed by atoms with Crippen LogP contribution in [0.15, 0.2) is 33.5 Å². The van der Waals surface area contributed by atoms with Crippen molar-refractivity contribution < 1.29 is 0 Å². The lowest BCUT2D eigenvalue weighted by molar-refractivity contribution is 0.416. The van der Waals surface area contributed by atoms with E-state index in [1.54, 1.807) is 0 Å². The molecule has 0 aromatic rings. The summed E-state index contributed by atoms with van der Waals surface area (Å²) in [5.41, 5.74) is 4.74. The number of nitrogens with zero attached hydrogens (tertiary/aromatic N) is 3. The number of hydrogen-bond donors (Lipinski definition) is 1. The van der Waals surface area contributed by atoms with Gasteiger partial charge in [0.15, 0.2) is 0 Å². The normalized spacial score (nSPS) is 22.4. The lowest BCUT2D eigenvalue weighted by atomic mass is 9.97. The Hall–Kier alpha value is -1.42. The first-order valence-electron chi connectivity index (χ1n) is 11.1. The van der Waals surface area contributed by atoms with Crippen LogP contribution in [0.3, 0.4) is 0 Å². The Labute approximate surface area is 174 Å². The van der Waals surface area contributed by atoms with Gasteiger partial charge in [-0.05, 0) is 57.7 Å². The van der Waals surface area contributed by atoms with E-state index < -0.39 is 0 Å². The van der Waals surface area contributed by atoms with E-state index in [0.717, 1.165) is 24.7 Å². The van der Waals surface area contributed by atoms with Crippen molar-refractivity contribution in [3.63, 3.8) is 0 Å². The molecule has 4 heteroatoms. The van der Waals surface area contributed by atoms with Crippen LogP contribution in [0.25, 0.3) is 0 Å². The highest BCUT2D eigenvalue weighted by molar-refractivity contribution is 6.01. The minimum absolute atomic E-state index is 0.495. The highest BCUT2D eigenvalue weighted by Crippen LogP contribution is 2.40. The van der Waals surface area contributed by atoms with Crippen LogP contribution in [0.5, 0.6) is 0 Å². The van der Waals surface area contributed by atoms with Gasteiger partial charge in [-0.2, -0.15) is 0 Å². The fraction of sp³-hybridized carbons (Fsp3) is 0.750. The number of nitrogens with one attached hydrogen (secondary N) is 1. The summed E-state index contributed by atoms with van der Waals surface area (Å²) in [4.78, 5) is 11.9. The predicted molar refractivity (Wildman–Crippen MR) is 125 cm³/mol. The zero-order valence-electron chi connectivity index (χ0n) is 19.7. The molecule has 1 N–H and O–H groups in total. The Kier molecular flexibility index (Phi) is 11.4. The van der Waals surface area contributed by atoms with Crippen LogP contribution in [0, 0.1) is 17.8 Å². The first kappa shape index (κ1) is 24.6. The third-order valence-electron chi connectivity index (χ3n) is 5.81. The van der Waals surface area contributed by atoms with Crippen molar-refractivity contribution in [3.8, 4) is 0 Å². The minimum Gasteiger partial charge on any atom is -0.377 e. The number of likely N-dealkylation sites (N-methyl/N-ethyl adjacent to an activating group) is 2. The molecule has 1 aliphatic carbocycles. The summed E-state index contributed by atoms with van der Waals surface area (Å²) < 4.78 is 0. The van der Waals surface area contributed by atoms with Gasteiger partial charge in [-0.3, -0.25) is 9.98 Å². The average Bonchev–Trinajstić information content (AvgIpc) is 3.40. The maximum absolute atomic E-state index is 5.04. The third kappa shape index (κ3) is 8.72. The molecule has 3 atom stereocenters. The summed E-state index contributed by atoms with van der Waals surface area (Å²) >= 11 is 0. The second-order valence-corrected chi connectivity index (χ2v) is 8.50. The molecule has 4 nitrogen and oxygen atoms in total. The van der Waals surface area contributed by atoms with Crippen LogP contribution in [-0.4, -0.2) is 50.6 Å². The molecule has 1 fully saturated rings. The molecule has 28 heavy (non-hydrogen) atoms. The van der Waals surface area contributed by atoms with Crippen molar-refractivity contribution in [3.05, 3.63) is 23.5 Å². The lowest BCUT2D eigenvalue weighted by Gasteiger charge is -2.20. The van der Waals surface area contributed by atoms with E-state index in [0.29, 0.717) is 11.8 Å². The Morgan fingerprint density at radius 1 is 1.25 bits per heavy atom. The van der Waals surface area contributed by atoms with Crippen LogP contribution in [0.4, 0.5) is 0 Å². The Bertz CT molecular complexity index is 585. The van der Waals surface area contributed by atoms with Gasteiger partial charge in [-0.25, -0.2) is 0 Å². The SMILES string of the molecule is CCCCCC(C)C(/C=C(C)/N=C(\C=C(/C)N(C)CCNC)C1CC1C)=N/C. The smallest absolute Gasteiger partial charge is 0.0457 e. The molecule has 0 bridgehead atoms. The zero-order valence-corrected chi connectivity index (χ0v) is 19.7. The van der Waals surface area contributed by atoms with E-state index in [4.69, 9.17) is 4.99 Å². The largest absolute Gasteiger partial charge is 0.377 e. The summed E-state index contributed by atoms with van der Waals surface area (Å²) in [6, 6.07) is 0. The molecule has 160 valence electrons. The number of rotatable bonds is 13. The lowest BCUT2D eigenvalue weighted by Crippen LogP contribution is -2.26. The van der Waals surface area contributed by atoms with Crippen molar-refractivity contribution >= 4 is 11.4 Å². The van der Waals surface area contributed by atoms with E-state index in [-0.39, 0.29) is 0 Å². The van der Waals surface area contributed by atoms with Crippen molar-refractivity contribution in [2.45, 2.75) is 66.7 Å². The van der Waals surface area contributed by atoms with Crippen LogP contribution in [-0.2, 0) is 0 Å². The molecule has 0 heterocycles. The topological polar surface area (TPSA) is 40.0 Å². The molecular formula is C24H44N4. The van der Waals surface area contributed by atoms with Gasteiger partial charge in [-0.15, -0.1) is 0 Å². The summed E-state index contributed by atoms with van der Waals surface area (Å²) in [6.07, 6.45) is 10.8. The number of hydrogen-bond acceptors (Lipinski definition) is 4. The van der Waals surface area contributed by atoms with Crippen LogP contribution in [0.1, 0.15) is 66.7 Å². The molecule has 1 saturated carbocycles. The average molecular weight is 389 g/mol. The molecule has 0 saturated heterocycles. The first-order valence-corrected chi connectivity index (χ1v) is 11.1. The van der Waals surface area contributed by atoms with Crippen molar-refractivity contribution in [1.82, 2.24) is 10.2 Å². The number of unbranched alkanes of at least 4 members (excludes halogenated alkanes) is 2. The van der Waals surface area contributed by atoms with Crippen LogP contribution in [0.2, 0.25) is 0 Å². The van der Waals surface area contributed by atoms with E-state index >= 15 is 0 Å². The van der Waals surface area contributed by atoms with Gasteiger partial charge in [0.2, 0.25) is 0 Å². The highest BCUT2D eigenvalue weighted by atomic mass is 15.1. The van der Waals surface area contributed by atoms with Gasteiger partial charge < -0.3 is 10.2 Å². The Balaban J connectivity index is 2.93. The first-order chi connectivity index (χ1) is 13.3. The quantitative estimate of drug-likeness (QED) is 0.342. The molecule has 0 amide bonds. The zero-order chi connectivity index (χ0) is 21.1. The summed E-state index contributed by atoms with van der Waals surface area (Å²) in [5, 5.41) is 3.22. The van der Waals surface area contributed by atoms with Gasteiger partial charge in [0.05, 0.1) is 0 Å². The van der Waals surface area contributed by atoms with Crippen molar-refractivity contribution in [2.24, 2.45) is 27.7 Å². The maximum Gasteiger partial charge on any atom is 0.0457 e. The van der Waals surface area contributed by atoms with Crippen molar-refractivity contribution in [1.29, 1.82) is 0 Å². The van der Waals surface area contributed by atoms with Gasteiger partial charge >= 0.3 is 0 Å². The van der Waals surface area contributed by atoms with Gasteiger partial charge in [0.1, 0.15) is 0 Å². The fourth-order valence-corrected chi connectivity index (χ4v) is 3.46. The van der Waals surface area contributed by atoms with E-state index in [1.807, 2.05) is 14.1 Å². The summed E-state index contributed by atoms with van der Waals surface area (Å²) in [7, 11) is 6.05. The predicted octanol–water partition coefficient (Wildman–Crippen LogP) is 5.33. The molecule has 0 radical (unpaired) electrons. The standard InChI is InChI=1S/C24H44N4/c1-9-10-11-12-18(2)23(26-7)16-20(4)27-24(22-15-19(22)3)17-21(5)28(8)14-13-25-6/h16-19,22,25H,9-15H2,1-8H3/b20-16+,21-17+,26-23+,27-24+. The molecule has 0 aromatic carbocycles. The molecule has 0 aliphatic heterocycles. The molecule has 0 spiro atoms. The Morgan fingerprint density at radius 3 is 2.46 bits per heavy atom. The van der Waals surface area contributed by atoms with Gasteiger partial charge in [0.25, 0.3) is 0 Å². The second kappa shape index (κ2) is 12.9. The summed E-state index contributed by atoms with van der Waals surface area (Å²) in [5.74, 6) is 1.83. The van der Waals surface area contributed by atoms with Crippen LogP contribution < -0.4 is 5.32 Å². The maximum atomic E-state index is 5.04. The second-order valence-electron chi connectivity index (χ2n) is 8.50. The van der Waals surface area contributed by atoms with Gasteiger partial charge in [-0.1, -0.05) is 40.0 Å². The highest BCUT2D eigenvalue weighted by Gasteiger charge is 2.36. The van der Waals surface area contributed by atoms with E-state index in [9.17, 15) is 0 Å². The van der Waals surface area contributed by atoms with E-state index in [2.05, 4.69) is 69.0 Å². The third-order valence-corrected chi connectivity index (χ3v) is 5.81. The minimum atomic E-state index is 0.495. The van der Waals surface area contributed by atoms with Gasteiger partial charge in [0, 0.05) is 55.9 Å². The summed E-state index contributed by atoms with van der Waals surface area (Å²) in [6.45, 7) is 13.2. The fourth-order valence-electron chi connectivity index (χ4n) is 3.46. The van der Waals surface area contributed by atoms with E-state index in [1.165, 1.54) is 49.2 Å². The van der Waals surface area contributed by atoms with Crippen molar-refractivity contribution in [2.75, 3.05) is 34.2 Å². The molecule has 0 aromatic heterocycles. The molecular weight excluding hydrogens is 344 g/mol. The Morgan fingerprint density at radius 2 is 1.93 bits per heavy atom. The van der Waals surface area contributed by atoms with Crippen LogP contribution >= 0.6 is 0 Å². The molecule has 1 aliphatic rings.